The molecule has 1 fully saturated rings. The molecule has 5 nitrogen and oxygen atoms in total. The summed E-state index contributed by atoms with van der Waals surface area (Å²) in [4.78, 5) is 13.0. The van der Waals surface area contributed by atoms with Crippen LogP contribution in [0.25, 0.3) is 0 Å². The number of anilines is 1. The number of hydrogen-bond acceptors (Lipinski definition) is 5. The maximum absolute atomic E-state index is 9.11. The second-order valence-corrected chi connectivity index (χ2v) is 5.09. The van der Waals surface area contributed by atoms with Gasteiger partial charge < -0.3 is 4.90 Å². The molecule has 1 aliphatic rings. The first-order valence-electron chi connectivity index (χ1n) is 7.09. The van der Waals surface area contributed by atoms with E-state index in [2.05, 4.69) is 50.1 Å². The first-order chi connectivity index (χ1) is 10.4. The lowest BCUT2D eigenvalue weighted by Crippen LogP contribution is -2.46. The van der Waals surface area contributed by atoms with Gasteiger partial charge in [-0.1, -0.05) is 30.3 Å². The minimum absolute atomic E-state index is 0.411. The average molecular weight is 279 g/mol. The molecule has 0 atom stereocenters. The van der Waals surface area contributed by atoms with Crippen molar-refractivity contribution in [3.05, 3.63) is 54.0 Å². The predicted octanol–water partition coefficient (Wildman–Crippen LogP) is 1.67. The van der Waals surface area contributed by atoms with Gasteiger partial charge in [0.1, 0.15) is 6.07 Å². The van der Waals surface area contributed by atoms with Crippen LogP contribution in [0, 0.1) is 11.3 Å². The van der Waals surface area contributed by atoms with Crippen LogP contribution >= 0.6 is 0 Å². The highest BCUT2D eigenvalue weighted by Crippen LogP contribution is 2.17. The van der Waals surface area contributed by atoms with Gasteiger partial charge in [-0.3, -0.25) is 4.90 Å². The van der Waals surface area contributed by atoms with Crippen molar-refractivity contribution < 1.29 is 0 Å². The molecule has 0 spiro atoms. The molecule has 0 N–H and O–H groups in total. The van der Waals surface area contributed by atoms with E-state index < -0.39 is 0 Å². The van der Waals surface area contributed by atoms with Crippen LogP contribution in [0.4, 0.5) is 5.82 Å². The molecule has 2 heterocycles. The lowest BCUT2D eigenvalue weighted by molar-refractivity contribution is 0.249. The zero-order chi connectivity index (χ0) is 14.5. The van der Waals surface area contributed by atoms with Gasteiger partial charge in [0.05, 0.1) is 0 Å². The Labute approximate surface area is 124 Å². The summed E-state index contributed by atoms with van der Waals surface area (Å²) in [6, 6.07) is 12.6. The number of hydrogen-bond donors (Lipinski definition) is 0. The summed E-state index contributed by atoms with van der Waals surface area (Å²) < 4.78 is 0. The summed E-state index contributed by atoms with van der Waals surface area (Å²) in [5.74, 6) is 0.708. The maximum Gasteiger partial charge on any atom is 0.183 e. The fraction of sp³-hybridized carbons (Fsp3) is 0.312. The molecule has 106 valence electrons. The third kappa shape index (κ3) is 3.18. The van der Waals surface area contributed by atoms with Crippen LogP contribution in [-0.2, 0) is 6.54 Å². The quantitative estimate of drug-likeness (QED) is 0.855. The molecule has 2 aromatic rings. The summed E-state index contributed by atoms with van der Waals surface area (Å²) >= 11 is 0. The molecule has 0 radical (unpaired) electrons. The van der Waals surface area contributed by atoms with Crippen LogP contribution in [0.2, 0.25) is 0 Å². The summed E-state index contributed by atoms with van der Waals surface area (Å²) in [6.45, 7) is 4.66. The lowest BCUT2D eigenvalue weighted by atomic mass is 10.2. The van der Waals surface area contributed by atoms with Gasteiger partial charge in [-0.05, 0) is 5.56 Å². The van der Waals surface area contributed by atoms with E-state index in [0.717, 1.165) is 32.7 Å². The van der Waals surface area contributed by atoms with E-state index in [4.69, 9.17) is 5.26 Å². The predicted molar refractivity (Wildman–Crippen MR) is 80.7 cm³/mol. The summed E-state index contributed by atoms with van der Waals surface area (Å²) in [5, 5.41) is 9.11. The SMILES string of the molecule is N#Cc1nccnc1N1CCN(Cc2ccccc2)CC1. The number of rotatable bonds is 3. The van der Waals surface area contributed by atoms with Crippen LogP contribution in [0.3, 0.4) is 0 Å². The maximum atomic E-state index is 9.11. The first kappa shape index (κ1) is 13.5. The highest BCUT2D eigenvalue weighted by atomic mass is 15.3. The summed E-state index contributed by atoms with van der Waals surface area (Å²) in [7, 11) is 0. The monoisotopic (exact) mass is 279 g/mol. The normalized spacial score (nSPS) is 15.7. The zero-order valence-electron chi connectivity index (χ0n) is 11.8. The van der Waals surface area contributed by atoms with Gasteiger partial charge in [-0.15, -0.1) is 0 Å². The third-order valence-electron chi connectivity index (χ3n) is 3.71. The zero-order valence-corrected chi connectivity index (χ0v) is 11.8. The van der Waals surface area contributed by atoms with Gasteiger partial charge in [0.15, 0.2) is 11.5 Å². The summed E-state index contributed by atoms with van der Waals surface area (Å²) in [6.07, 6.45) is 3.21. The second-order valence-electron chi connectivity index (χ2n) is 5.09. The fourth-order valence-corrected chi connectivity index (χ4v) is 2.60. The lowest BCUT2D eigenvalue weighted by Gasteiger charge is -2.35. The molecule has 0 amide bonds. The van der Waals surface area contributed by atoms with Gasteiger partial charge in [-0.25, -0.2) is 9.97 Å². The number of piperazine rings is 1. The number of nitriles is 1. The topological polar surface area (TPSA) is 56.1 Å². The van der Waals surface area contributed by atoms with E-state index in [1.165, 1.54) is 5.56 Å². The molecule has 3 rings (SSSR count). The smallest absolute Gasteiger partial charge is 0.183 e. The molecule has 1 saturated heterocycles. The number of benzene rings is 1. The molecule has 0 saturated carbocycles. The molecule has 1 aromatic heterocycles. The van der Waals surface area contributed by atoms with Gasteiger partial charge in [0, 0.05) is 45.1 Å². The highest BCUT2D eigenvalue weighted by molar-refractivity contribution is 5.49. The Morgan fingerprint density at radius 3 is 2.43 bits per heavy atom. The Bertz CT molecular complexity index is 627. The van der Waals surface area contributed by atoms with Crippen LogP contribution < -0.4 is 4.90 Å². The van der Waals surface area contributed by atoms with Crippen molar-refractivity contribution in [2.75, 3.05) is 31.1 Å². The average Bonchev–Trinajstić information content (AvgIpc) is 2.56. The molecule has 0 bridgehead atoms. The Kier molecular flexibility index (Phi) is 4.08. The van der Waals surface area contributed by atoms with Gasteiger partial charge >= 0.3 is 0 Å². The van der Waals surface area contributed by atoms with Gasteiger partial charge in [0.2, 0.25) is 0 Å². The van der Waals surface area contributed by atoms with E-state index in [9.17, 15) is 0 Å². The van der Waals surface area contributed by atoms with Crippen molar-refractivity contribution in [3.63, 3.8) is 0 Å². The first-order valence-corrected chi connectivity index (χ1v) is 7.09. The number of nitrogens with zero attached hydrogens (tertiary/aromatic N) is 5. The second kappa shape index (κ2) is 6.33. The van der Waals surface area contributed by atoms with Crippen molar-refractivity contribution in [2.45, 2.75) is 6.54 Å². The largest absolute Gasteiger partial charge is 0.352 e. The Hall–Kier alpha value is -2.45. The molecule has 1 aliphatic heterocycles. The van der Waals surface area contributed by atoms with Crippen LogP contribution in [0.15, 0.2) is 42.7 Å². The van der Waals surface area contributed by atoms with E-state index >= 15 is 0 Å². The fourth-order valence-electron chi connectivity index (χ4n) is 2.60. The van der Waals surface area contributed by atoms with Crippen molar-refractivity contribution in [1.82, 2.24) is 14.9 Å². The molecule has 5 heteroatoms. The Balaban J connectivity index is 1.62. The molecule has 1 aromatic carbocycles. The molecule has 0 aliphatic carbocycles. The van der Waals surface area contributed by atoms with Crippen molar-refractivity contribution in [2.24, 2.45) is 0 Å². The van der Waals surface area contributed by atoms with Crippen molar-refractivity contribution in [3.8, 4) is 6.07 Å². The van der Waals surface area contributed by atoms with E-state index in [0.29, 0.717) is 11.5 Å². The third-order valence-corrected chi connectivity index (χ3v) is 3.71. The minimum Gasteiger partial charge on any atom is -0.352 e. The van der Waals surface area contributed by atoms with Crippen LogP contribution in [-0.4, -0.2) is 41.0 Å². The molecule has 21 heavy (non-hydrogen) atoms. The number of aromatic nitrogens is 2. The standard InChI is InChI=1S/C16H17N5/c17-12-15-16(19-7-6-18-15)21-10-8-20(9-11-21)13-14-4-2-1-3-5-14/h1-7H,8-11,13H2. The van der Waals surface area contributed by atoms with E-state index in [1.807, 2.05) is 6.07 Å². The molecular weight excluding hydrogens is 262 g/mol. The highest BCUT2D eigenvalue weighted by Gasteiger charge is 2.20. The molecule has 0 unspecified atom stereocenters. The minimum atomic E-state index is 0.411. The van der Waals surface area contributed by atoms with Crippen molar-refractivity contribution >= 4 is 5.82 Å². The van der Waals surface area contributed by atoms with Gasteiger partial charge in [-0.2, -0.15) is 5.26 Å². The van der Waals surface area contributed by atoms with E-state index in [1.54, 1.807) is 12.4 Å². The van der Waals surface area contributed by atoms with Crippen LogP contribution in [0.1, 0.15) is 11.3 Å². The van der Waals surface area contributed by atoms with Crippen LogP contribution in [0.5, 0.6) is 0 Å². The summed E-state index contributed by atoms with van der Waals surface area (Å²) in [5.41, 5.74) is 1.75. The Morgan fingerprint density at radius 2 is 1.71 bits per heavy atom. The Morgan fingerprint density at radius 1 is 1.00 bits per heavy atom. The van der Waals surface area contributed by atoms with Gasteiger partial charge in [0.25, 0.3) is 0 Å². The van der Waals surface area contributed by atoms with E-state index in [-0.39, 0.29) is 0 Å². The van der Waals surface area contributed by atoms with Crippen molar-refractivity contribution in [1.29, 1.82) is 5.26 Å². The molecular formula is C16H17N5.